The zero-order valence-corrected chi connectivity index (χ0v) is 11.1. The molecule has 5 nitrogen and oxygen atoms in total. The standard InChI is InChI=1S/C14H14N2O3/c1-7-4-5-9-10(15-7)13(18)11(16-6-8(16)2)14(19-3)12(9)17/h4-5,8H,6H2,1-3H3. The highest BCUT2D eigenvalue weighted by molar-refractivity contribution is 6.25. The molecule has 1 fully saturated rings. The van der Waals surface area contributed by atoms with Crippen LogP contribution in [0.5, 0.6) is 0 Å². The molecule has 3 rings (SSSR count). The molecule has 1 aliphatic heterocycles. The zero-order chi connectivity index (χ0) is 13.7. The van der Waals surface area contributed by atoms with Gasteiger partial charge in [0.25, 0.3) is 0 Å². The minimum absolute atomic E-state index is 0.132. The summed E-state index contributed by atoms with van der Waals surface area (Å²) in [5, 5.41) is 0. The number of ketones is 2. The number of aromatic nitrogens is 1. The fraction of sp³-hybridized carbons (Fsp3) is 0.357. The van der Waals surface area contributed by atoms with Crippen molar-refractivity contribution in [2.45, 2.75) is 19.9 Å². The maximum Gasteiger partial charge on any atom is 0.232 e. The van der Waals surface area contributed by atoms with E-state index in [-0.39, 0.29) is 29.1 Å². The first-order valence-electron chi connectivity index (χ1n) is 6.16. The molecule has 1 aromatic rings. The molecule has 98 valence electrons. The summed E-state index contributed by atoms with van der Waals surface area (Å²) in [6, 6.07) is 3.63. The van der Waals surface area contributed by atoms with E-state index in [0.717, 1.165) is 12.2 Å². The molecule has 0 N–H and O–H groups in total. The summed E-state index contributed by atoms with van der Waals surface area (Å²) in [7, 11) is 1.42. The van der Waals surface area contributed by atoms with E-state index in [2.05, 4.69) is 4.98 Å². The topological polar surface area (TPSA) is 59.3 Å². The number of aryl methyl sites for hydroxylation is 1. The van der Waals surface area contributed by atoms with Crippen molar-refractivity contribution in [3.8, 4) is 0 Å². The van der Waals surface area contributed by atoms with Crippen LogP contribution in [0, 0.1) is 6.92 Å². The van der Waals surface area contributed by atoms with Crippen LogP contribution in [0.25, 0.3) is 0 Å². The Morgan fingerprint density at radius 2 is 2.00 bits per heavy atom. The monoisotopic (exact) mass is 258 g/mol. The van der Waals surface area contributed by atoms with Crippen LogP contribution < -0.4 is 0 Å². The summed E-state index contributed by atoms with van der Waals surface area (Å²) in [6.45, 7) is 4.56. The largest absolute Gasteiger partial charge is 0.491 e. The van der Waals surface area contributed by atoms with Crippen molar-refractivity contribution in [1.82, 2.24) is 9.88 Å². The van der Waals surface area contributed by atoms with Crippen molar-refractivity contribution in [2.24, 2.45) is 0 Å². The lowest BCUT2D eigenvalue weighted by Gasteiger charge is -2.20. The summed E-state index contributed by atoms with van der Waals surface area (Å²) < 4.78 is 5.16. The number of ether oxygens (including phenoxy) is 1. The molecule has 0 radical (unpaired) electrons. The lowest BCUT2D eigenvalue weighted by molar-refractivity contribution is 0.0885. The number of carbonyl (C=O) groups excluding carboxylic acids is 2. The maximum absolute atomic E-state index is 12.5. The third-order valence-electron chi connectivity index (χ3n) is 3.48. The lowest BCUT2D eigenvalue weighted by atomic mass is 9.95. The van der Waals surface area contributed by atoms with Crippen LogP contribution in [-0.4, -0.2) is 41.1 Å². The fourth-order valence-electron chi connectivity index (χ4n) is 2.36. The highest BCUT2D eigenvalue weighted by atomic mass is 16.5. The van der Waals surface area contributed by atoms with E-state index in [4.69, 9.17) is 4.74 Å². The number of hydrogen-bond donors (Lipinski definition) is 0. The van der Waals surface area contributed by atoms with Gasteiger partial charge in [-0.2, -0.15) is 0 Å². The van der Waals surface area contributed by atoms with Gasteiger partial charge in [0, 0.05) is 18.3 Å². The Morgan fingerprint density at radius 3 is 2.58 bits per heavy atom. The molecule has 1 unspecified atom stereocenters. The van der Waals surface area contributed by atoms with E-state index in [1.165, 1.54) is 7.11 Å². The van der Waals surface area contributed by atoms with Crippen molar-refractivity contribution in [3.05, 3.63) is 40.5 Å². The second-order valence-electron chi connectivity index (χ2n) is 4.89. The zero-order valence-electron chi connectivity index (χ0n) is 11.1. The highest BCUT2D eigenvalue weighted by Crippen LogP contribution is 2.34. The van der Waals surface area contributed by atoms with E-state index >= 15 is 0 Å². The number of allylic oxidation sites excluding steroid dienone is 2. The Kier molecular flexibility index (Phi) is 2.45. The molecule has 0 bridgehead atoms. The Labute approximate surface area is 110 Å². The van der Waals surface area contributed by atoms with Crippen LogP contribution in [-0.2, 0) is 4.74 Å². The molecular weight excluding hydrogens is 244 g/mol. The summed E-state index contributed by atoms with van der Waals surface area (Å²) in [4.78, 5) is 30.9. The third-order valence-corrected chi connectivity index (χ3v) is 3.48. The van der Waals surface area contributed by atoms with E-state index < -0.39 is 0 Å². The number of methoxy groups -OCH3 is 1. The maximum atomic E-state index is 12.5. The quantitative estimate of drug-likeness (QED) is 0.749. The lowest BCUT2D eigenvalue weighted by Crippen LogP contribution is -2.28. The average Bonchev–Trinajstić information content (AvgIpc) is 3.10. The smallest absolute Gasteiger partial charge is 0.232 e. The van der Waals surface area contributed by atoms with Crippen LogP contribution in [0.15, 0.2) is 23.6 Å². The number of Topliss-reactive ketones (excluding diaryl/α,β-unsaturated/α-hetero) is 2. The van der Waals surface area contributed by atoms with Gasteiger partial charge in [-0.15, -0.1) is 0 Å². The molecule has 1 aliphatic carbocycles. The van der Waals surface area contributed by atoms with Gasteiger partial charge in [0.15, 0.2) is 5.76 Å². The van der Waals surface area contributed by atoms with Gasteiger partial charge >= 0.3 is 0 Å². The number of rotatable bonds is 2. The number of carbonyl (C=O) groups is 2. The SMILES string of the molecule is COC1=C(N2CC2C)C(=O)c2nc(C)ccc2C1=O. The van der Waals surface area contributed by atoms with E-state index in [0.29, 0.717) is 11.3 Å². The van der Waals surface area contributed by atoms with Crippen LogP contribution in [0.2, 0.25) is 0 Å². The minimum atomic E-state index is -0.265. The van der Waals surface area contributed by atoms with Crippen molar-refractivity contribution >= 4 is 11.6 Å². The van der Waals surface area contributed by atoms with Gasteiger partial charge in [0.05, 0.1) is 12.7 Å². The molecule has 0 amide bonds. The van der Waals surface area contributed by atoms with Gasteiger partial charge < -0.3 is 9.64 Å². The molecule has 2 aliphatic rings. The van der Waals surface area contributed by atoms with Crippen LogP contribution in [0.3, 0.4) is 0 Å². The first-order chi connectivity index (χ1) is 9.04. The molecule has 2 heterocycles. The van der Waals surface area contributed by atoms with Gasteiger partial charge in [-0.1, -0.05) is 0 Å². The first kappa shape index (κ1) is 11.9. The Hall–Kier alpha value is -2.17. The Balaban J connectivity index is 2.18. The minimum Gasteiger partial charge on any atom is -0.491 e. The predicted molar refractivity (Wildman–Crippen MR) is 67.8 cm³/mol. The van der Waals surface area contributed by atoms with Crippen LogP contribution >= 0.6 is 0 Å². The Bertz CT molecular complexity index is 634. The number of fused-ring (bicyclic) bond motifs is 1. The molecular formula is C14H14N2O3. The van der Waals surface area contributed by atoms with E-state index in [1.54, 1.807) is 19.1 Å². The van der Waals surface area contributed by atoms with Crippen molar-refractivity contribution in [2.75, 3.05) is 13.7 Å². The van der Waals surface area contributed by atoms with Crippen molar-refractivity contribution in [1.29, 1.82) is 0 Å². The first-order valence-corrected chi connectivity index (χ1v) is 6.16. The summed E-state index contributed by atoms with van der Waals surface area (Å²) in [5.41, 5.74) is 1.63. The molecule has 0 aromatic carbocycles. The van der Waals surface area contributed by atoms with Gasteiger partial charge in [0.2, 0.25) is 11.6 Å². The summed E-state index contributed by atoms with van der Waals surface area (Å²) in [6.07, 6.45) is 0. The summed E-state index contributed by atoms with van der Waals surface area (Å²) in [5.74, 6) is -0.356. The molecule has 1 atom stereocenters. The van der Waals surface area contributed by atoms with E-state index in [9.17, 15) is 9.59 Å². The second-order valence-corrected chi connectivity index (χ2v) is 4.89. The van der Waals surface area contributed by atoms with Gasteiger partial charge in [-0.05, 0) is 26.0 Å². The van der Waals surface area contributed by atoms with Crippen LogP contribution in [0.4, 0.5) is 0 Å². The van der Waals surface area contributed by atoms with Gasteiger partial charge in [-0.25, -0.2) is 4.98 Å². The number of nitrogens with zero attached hydrogens (tertiary/aromatic N) is 2. The fourth-order valence-corrected chi connectivity index (χ4v) is 2.36. The summed E-state index contributed by atoms with van der Waals surface area (Å²) >= 11 is 0. The van der Waals surface area contributed by atoms with Crippen LogP contribution in [0.1, 0.15) is 33.5 Å². The van der Waals surface area contributed by atoms with Crippen molar-refractivity contribution in [3.63, 3.8) is 0 Å². The van der Waals surface area contributed by atoms with E-state index in [1.807, 2.05) is 11.8 Å². The number of hydrogen-bond acceptors (Lipinski definition) is 5. The molecule has 0 saturated carbocycles. The molecule has 19 heavy (non-hydrogen) atoms. The Morgan fingerprint density at radius 1 is 1.32 bits per heavy atom. The average molecular weight is 258 g/mol. The highest BCUT2D eigenvalue weighted by Gasteiger charge is 2.43. The molecule has 5 heteroatoms. The van der Waals surface area contributed by atoms with Crippen molar-refractivity contribution < 1.29 is 14.3 Å². The molecule has 1 aromatic heterocycles. The predicted octanol–water partition coefficient (Wildman–Crippen LogP) is 1.33. The second kappa shape index (κ2) is 3.91. The molecule has 0 spiro atoms. The number of pyridine rings is 1. The van der Waals surface area contributed by atoms with Gasteiger partial charge in [0.1, 0.15) is 11.4 Å². The normalized spacial score (nSPS) is 21.6. The third kappa shape index (κ3) is 1.65. The van der Waals surface area contributed by atoms with Gasteiger partial charge in [-0.3, -0.25) is 9.59 Å². The molecule has 1 saturated heterocycles.